The minimum Gasteiger partial charge on any atom is -0.444 e. The number of amides is 1. The van der Waals surface area contributed by atoms with Crippen molar-refractivity contribution < 1.29 is 14.6 Å². The van der Waals surface area contributed by atoms with Crippen molar-refractivity contribution >= 4 is 6.09 Å². The lowest BCUT2D eigenvalue weighted by Crippen LogP contribution is -2.57. The predicted octanol–water partition coefficient (Wildman–Crippen LogP) is 2.55. The Balaban J connectivity index is 1.98. The third kappa shape index (κ3) is 2.97. The fraction of sp³-hybridized carbons (Fsp3) is 0.929. The van der Waals surface area contributed by atoms with Crippen LogP contribution in [0.1, 0.15) is 52.9 Å². The van der Waals surface area contributed by atoms with Gasteiger partial charge >= 0.3 is 6.09 Å². The average molecular weight is 255 g/mol. The van der Waals surface area contributed by atoms with Crippen molar-refractivity contribution in [3.8, 4) is 0 Å². The SMILES string of the molecule is CC(C)(C)OC(=O)N1CC[C@@H]2CCCC[C@@]2(O)C1. The summed E-state index contributed by atoms with van der Waals surface area (Å²) >= 11 is 0. The number of piperidine rings is 1. The molecule has 1 amide bonds. The molecular weight excluding hydrogens is 230 g/mol. The van der Waals surface area contributed by atoms with Crippen LogP contribution < -0.4 is 0 Å². The molecule has 1 N–H and O–H groups in total. The fourth-order valence-corrected chi connectivity index (χ4v) is 3.12. The van der Waals surface area contributed by atoms with Gasteiger partial charge < -0.3 is 14.7 Å². The van der Waals surface area contributed by atoms with E-state index in [4.69, 9.17) is 4.74 Å². The van der Waals surface area contributed by atoms with Crippen molar-refractivity contribution in [2.75, 3.05) is 13.1 Å². The zero-order valence-electron chi connectivity index (χ0n) is 11.7. The number of hydrogen-bond acceptors (Lipinski definition) is 3. The molecule has 0 spiro atoms. The van der Waals surface area contributed by atoms with Gasteiger partial charge in [0, 0.05) is 6.54 Å². The maximum atomic E-state index is 12.0. The van der Waals surface area contributed by atoms with Crippen molar-refractivity contribution in [1.29, 1.82) is 0 Å². The first-order chi connectivity index (χ1) is 8.30. The molecule has 1 aliphatic heterocycles. The van der Waals surface area contributed by atoms with Gasteiger partial charge in [-0.1, -0.05) is 12.8 Å². The molecule has 2 atom stereocenters. The summed E-state index contributed by atoms with van der Waals surface area (Å²) in [5.74, 6) is 0.366. The van der Waals surface area contributed by atoms with Crippen LogP contribution in [0.3, 0.4) is 0 Å². The van der Waals surface area contributed by atoms with E-state index in [0.29, 0.717) is 19.0 Å². The van der Waals surface area contributed by atoms with Crippen molar-refractivity contribution in [2.24, 2.45) is 5.92 Å². The van der Waals surface area contributed by atoms with Gasteiger partial charge in [-0.05, 0) is 46.0 Å². The smallest absolute Gasteiger partial charge is 0.410 e. The maximum absolute atomic E-state index is 12.0. The molecule has 0 aromatic rings. The predicted molar refractivity (Wildman–Crippen MR) is 69.3 cm³/mol. The molecular formula is C14H25NO3. The molecule has 1 saturated carbocycles. The second-order valence-electron chi connectivity index (χ2n) is 6.74. The summed E-state index contributed by atoms with van der Waals surface area (Å²) < 4.78 is 5.38. The summed E-state index contributed by atoms with van der Waals surface area (Å²) in [4.78, 5) is 13.7. The van der Waals surface area contributed by atoms with E-state index in [1.54, 1.807) is 4.90 Å². The standard InChI is InChI=1S/C14H25NO3/c1-13(2,3)18-12(16)15-9-7-11-6-4-5-8-14(11,17)10-15/h11,17H,4-10H2,1-3H3/t11-,14+/m0/s1. The molecule has 1 saturated heterocycles. The highest BCUT2D eigenvalue weighted by molar-refractivity contribution is 5.68. The van der Waals surface area contributed by atoms with Crippen LogP contribution in [0.2, 0.25) is 0 Å². The van der Waals surface area contributed by atoms with Gasteiger partial charge in [0.1, 0.15) is 5.60 Å². The van der Waals surface area contributed by atoms with Crippen LogP contribution >= 0.6 is 0 Å². The van der Waals surface area contributed by atoms with Crippen molar-refractivity contribution in [3.63, 3.8) is 0 Å². The van der Waals surface area contributed by atoms with E-state index < -0.39 is 11.2 Å². The zero-order chi connectivity index (χ0) is 13.4. The van der Waals surface area contributed by atoms with Gasteiger partial charge in [-0.2, -0.15) is 0 Å². The summed E-state index contributed by atoms with van der Waals surface area (Å²) in [7, 11) is 0. The molecule has 0 radical (unpaired) electrons. The quantitative estimate of drug-likeness (QED) is 0.723. The minimum atomic E-state index is -0.673. The van der Waals surface area contributed by atoms with Crippen LogP contribution in [0.4, 0.5) is 4.79 Å². The van der Waals surface area contributed by atoms with Crippen molar-refractivity contribution in [2.45, 2.75) is 64.1 Å². The lowest BCUT2D eigenvalue weighted by molar-refractivity contribution is -0.0997. The van der Waals surface area contributed by atoms with E-state index in [2.05, 4.69) is 0 Å². The highest BCUT2D eigenvalue weighted by Gasteiger charge is 2.44. The monoisotopic (exact) mass is 255 g/mol. The Morgan fingerprint density at radius 1 is 1.33 bits per heavy atom. The second kappa shape index (κ2) is 4.72. The number of fused-ring (bicyclic) bond motifs is 1. The Morgan fingerprint density at radius 3 is 2.72 bits per heavy atom. The molecule has 4 nitrogen and oxygen atoms in total. The zero-order valence-corrected chi connectivity index (χ0v) is 11.7. The number of nitrogens with zero attached hydrogens (tertiary/aromatic N) is 1. The first-order valence-corrected chi connectivity index (χ1v) is 7.00. The lowest BCUT2D eigenvalue weighted by Gasteiger charge is -2.47. The van der Waals surface area contributed by atoms with Crippen LogP contribution in [-0.4, -0.2) is 40.4 Å². The van der Waals surface area contributed by atoms with Gasteiger partial charge in [-0.3, -0.25) is 0 Å². The molecule has 1 heterocycles. The summed E-state index contributed by atoms with van der Waals surface area (Å²) in [6, 6.07) is 0. The van der Waals surface area contributed by atoms with Crippen LogP contribution in [-0.2, 0) is 4.74 Å². The lowest BCUT2D eigenvalue weighted by atomic mass is 9.71. The van der Waals surface area contributed by atoms with Crippen LogP contribution in [0.25, 0.3) is 0 Å². The number of rotatable bonds is 0. The molecule has 0 bridgehead atoms. The number of aliphatic hydroxyl groups is 1. The summed E-state index contributed by atoms with van der Waals surface area (Å²) in [6.07, 6.45) is 4.79. The molecule has 2 aliphatic rings. The average Bonchev–Trinajstić information content (AvgIpc) is 2.25. The third-order valence-electron chi connectivity index (χ3n) is 4.04. The van der Waals surface area contributed by atoms with Gasteiger partial charge in [-0.15, -0.1) is 0 Å². The number of β-amino-alcohol motifs (C(OH)–C–C–N with tert-alkyl or cyclic N) is 1. The molecule has 0 aromatic carbocycles. The molecule has 2 rings (SSSR count). The Morgan fingerprint density at radius 2 is 2.06 bits per heavy atom. The van der Waals surface area contributed by atoms with Crippen molar-refractivity contribution in [1.82, 2.24) is 4.90 Å². The second-order valence-corrected chi connectivity index (χ2v) is 6.74. The van der Waals surface area contributed by atoms with Gasteiger partial charge in [-0.25, -0.2) is 4.79 Å². The molecule has 104 valence electrons. The maximum Gasteiger partial charge on any atom is 0.410 e. The van der Waals surface area contributed by atoms with Gasteiger partial charge in [0.25, 0.3) is 0 Å². The largest absolute Gasteiger partial charge is 0.444 e. The normalized spacial score (nSPS) is 32.9. The highest BCUT2D eigenvalue weighted by atomic mass is 16.6. The van der Waals surface area contributed by atoms with Gasteiger partial charge in [0.05, 0.1) is 12.1 Å². The summed E-state index contributed by atoms with van der Waals surface area (Å²) in [6.45, 7) is 6.75. The minimum absolute atomic E-state index is 0.292. The molecule has 2 fully saturated rings. The number of likely N-dealkylation sites (tertiary alicyclic amines) is 1. The highest BCUT2D eigenvalue weighted by Crippen LogP contribution is 2.39. The van der Waals surface area contributed by atoms with Crippen molar-refractivity contribution in [3.05, 3.63) is 0 Å². The van der Waals surface area contributed by atoms with E-state index >= 15 is 0 Å². The van der Waals surface area contributed by atoms with Gasteiger partial charge in [0.2, 0.25) is 0 Å². The summed E-state index contributed by atoms with van der Waals surface area (Å²) in [5.41, 5.74) is -1.14. The molecule has 1 aliphatic carbocycles. The number of hydrogen-bond donors (Lipinski definition) is 1. The van der Waals surface area contributed by atoms with Gasteiger partial charge in [0.15, 0.2) is 0 Å². The first-order valence-electron chi connectivity index (χ1n) is 7.00. The molecule has 18 heavy (non-hydrogen) atoms. The van der Waals surface area contributed by atoms with Crippen LogP contribution in [0, 0.1) is 5.92 Å². The molecule has 0 unspecified atom stereocenters. The summed E-state index contributed by atoms with van der Waals surface area (Å²) in [5, 5.41) is 10.7. The number of carbonyl (C=O) groups excluding carboxylic acids is 1. The van der Waals surface area contributed by atoms with E-state index in [-0.39, 0.29) is 6.09 Å². The first kappa shape index (κ1) is 13.7. The van der Waals surface area contributed by atoms with Crippen LogP contribution in [0.5, 0.6) is 0 Å². The number of ether oxygens (including phenoxy) is 1. The Hall–Kier alpha value is -0.770. The Labute approximate surface area is 109 Å². The molecule has 4 heteroatoms. The topological polar surface area (TPSA) is 49.8 Å². The fourth-order valence-electron chi connectivity index (χ4n) is 3.12. The van der Waals surface area contributed by atoms with E-state index in [9.17, 15) is 9.90 Å². The molecule has 0 aromatic heterocycles. The third-order valence-corrected chi connectivity index (χ3v) is 4.04. The Kier molecular flexibility index (Phi) is 3.58. The van der Waals surface area contributed by atoms with E-state index in [1.807, 2.05) is 20.8 Å². The van der Waals surface area contributed by atoms with E-state index in [1.165, 1.54) is 6.42 Å². The van der Waals surface area contributed by atoms with Crippen LogP contribution in [0.15, 0.2) is 0 Å². The number of carbonyl (C=O) groups is 1. The van der Waals surface area contributed by atoms with E-state index in [0.717, 1.165) is 25.7 Å². The Bertz CT molecular complexity index is 323.